The molecule has 0 bridgehead atoms. The molecule has 0 aliphatic heterocycles. The number of carbonyl (C=O) groups is 2. The highest BCUT2D eigenvalue weighted by Gasteiger charge is 2.28. The molecule has 1 aliphatic carbocycles. The van der Waals surface area contributed by atoms with Gasteiger partial charge in [0.1, 0.15) is 6.04 Å². The number of urea groups is 1. The minimum atomic E-state index is -0.988. The lowest BCUT2D eigenvalue weighted by Gasteiger charge is -2.33. The van der Waals surface area contributed by atoms with Gasteiger partial charge in [0.2, 0.25) is 0 Å². The second kappa shape index (κ2) is 6.07. The van der Waals surface area contributed by atoms with Crippen LogP contribution in [0.2, 0.25) is 0 Å². The van der Waals surface area contributed by atoms with Gasteiger partial charge in [-0.3, -0.25) is 0 Å². The summed E-state index contributed by atoms with van der Waals surface area (Å²) < 4.78 is 0. The van der Waals surface area contributed by atoms with E-state index in [1.54, 1.807) is 0 Å². The standard InChI is InChI=1S/C13H24N2O3/c1-8-5-9(2)7-11(6-8)14-13(18)15(4)10(3)12(16)17/h8-11H,5-7H2,1-4H3,(H,14,18)(H,16,17). The summed E-state index contributed by atoms with van der Waals surface area (Å²) in [6.07, 6.45) is 3.16. The minimum absolute atomic E-state index is 0.166. The fraction of sp³-hybridized carbons (Fsp3) is 0.846. The molecule has 0 heterocycles. The molecule has 104 valence electrons. The summed E-state index contributed by atoms with van der Waals surface area (Å²) in [5.74, 6) is 0.237. The lowest BCUT2D eigenvalue weighted by Crippen LogP contribution is -2.50. The summed E-state index contributed by atoms with van der Waals surface area (Å²) in [5, 5.41) is 11.8. The average Bonchev–Trinajstić information content (AvgIpc) is 2.25. The maximum atomic E-state index is 11.9. The van der Waals surface area contributed by atoms with Crippen molar-refractivity contribution in [3.05, 3.63) is 0 Å². The first-order chi connectivity index (χ1) is 8.31. The summed E-state index contributed by atoms with van der Waals surface area (Å²) in [5.41, 5.74) is 0. The van der Waals surface area contributed by atoms with Gasteiger partial charge in [0.05, 0.1) is 0 Å². The molecule has 0 spiro atoms. The fourth-order valence-corrected chi connectivity index (χ4v) is 2.68. The van der Waals surface area contributed by atoms with E-state index in [1.165, 1.54) is 25.3 Å². The number of carbonyl (C=O) groups excluding carboxylic acids is 1. The van der Waals surface area contributed by atoms with Gasteiger partial charge in [-0.25, -0.2) is 9.59 Å². The molecule has 0 saturated heterocycles. The van der Waals surface area contributed by atoms with Gasteiger partial charge in [0.25, 0.3) is 0 Å². The van der Waals surface area contributed by atoms with Crippen molar-refractivity contribution < 1.29 is 14.7 Å². The van der Waals surface area contributed by atoms with Gasteiger partial charge in [-0.1, -0.05) is 13.8 Å². The molecule has 1 saturated carbocycles. The van der Waals surface area contributed by atoms with E-state index in [2.05, 4.69) is 19.2 Å². The van der Waals surface area contributed by atoms with E-state index in [1.807, 2.05) is 0 Å². The van der Waals surface area contributed by atoms with E-state index in [-0.39, 0.29) is 12.1 Å². The summed E-state index contributed by atoms with van der Waals surface area (Å²) in [4.78, 5) is 24.0. The molecule has 2 amide bonds. The summed E-state index contributed by atoms with van der Waals surface area (Å²) in [6, 6.07) is -0.931. The number of hydrogen-bond donors (Lipinski definition) is 2. The maximum Gasteiger partial charge on any atom is 0.326 e. The molecule has 0 aromatic rings. The van der Waals surface area contributed by atoms with Crippen LogP contribution in [0.1, 0.15) is 40.0 Å². The van der Waals surface area contributed by atoms with Crippen molar-refractivity contribution in [1.82, 2.24) is 10.2 Å². The quantitative estimate of drug-likeness (QED) is 0.810. The Balaban J connectivity index is 2.51. The summed E-state index contributed by atoms with van der Waals surface area (Å²) in [7, 11) is 1.52. The molecule has 0 radical (unpaired) electrons. The van der Waals surface area contributed by atoms with Crippen molar-refractivity contribution in [2.24, 2.45) is 11.8 Å². The Hall–Kier alpha value is -1.26. The maximum absolute atomic E-state index is 11.9. The molecule has 1 rings (SSSR count). The normalized spacial score (nSPS) is 29.4. The zero-order chi connectivity index (χ0) is 13.9. The van der Waals surface area contributed by atoms with E-state index in [9.17, 15) is 9.59 Å². The van der Waals surface area contributed by atoms with E-state index < -0.39 is 12.0 Å². The first-order valence-electron chi connectivity index (χ1n) is 6.57. The van der Waals surface area contributed by atoms with Crippen LogP contribution in [0.3, 0.4) is 0 Å². The molecule has 3 unspecified atom stereocenters. The third kappa shape index (κ3) is 3.89. The molecule has 0 aromatic carbocycles. The molecule has 5 nitrogen and oxygen atoms in total. The number of nitrogens with zero attached hydrogens (tertiary/aromatic N) is 1. The molecular weight excluding hydrogens is 232 g/mol. The van der Waals surface area contributed by atoms with Crippen LogP contribution in [0.4, 0.5) is 4.79 Å². The molecule has 0 aromatic heterocycles. The molecule has 1 fully saturated rings. The van der Waals surface area contributed by atoms with Crippen LogP contribution in [0.5, 0.6) is 0 Å². The van der Waals surface area contributed by atoms with Gasteiger partial charge >= 0.3 is 12.0 Å². The van der Waals surface area contributed by atoms with Crippen LogP contribution in [-0.4, -0.2) is 41.1 Å². The van der Waals surface area contributed by atoms with Gasteiger partial charge in [0.15, 0.2) is 0 Å². The number of likely N-dealkylation sites (N-methyl/N-ethyl adjacent to an activating group) is 1. The zero-order valence-corrected chi connectivity index (χ0v) is 11.6. The second-order valence-corrected chi connectivity index (χ2v) is 5.69. The lowest BCUT2D eigenvalue weighted by atomic mass is 9.80. The number of rotatable bonds is 3. The van der Waals surface area contributed by atoms with Crippen molar-refractivity contribution in [2.45, 2.75) is 52.1 Å². The van der Waals surface area contributed by atoms with Crippen LogP contribution < -0.4 is 5.32 Å². The Morgan fingerprint density at radius 2 is 1.72 bits per heavy atom. The third-order valence-electron chi connectivity index (χ3n) is 3.76. The van der Waals surface area contributed by atoms with E-state index in [0.29, 0.717) is 11.8 Å². The van der Waals surface area contributed by atoms with Crippen LogP contribution in [0.15, 0.2) is 0 Å². The Labute approximate surface area is 109 Å². The first kappa shape index (κ1) is 14.8. The van der Waals surface area contributed by atoms with E-state index in [4.69, 9.17) is 5.11 Å². The summed E-state index contributed by atoms with van der Waals surface area (Å²) in [6.45, 7) is 5.89. The van der Waals surface area contributed by atoms with Crippen molar-refractivity contribution in [1.29, 1.82) is 0 Å². The van der Waals surface area contributed by atoms with Gasteiger partial charge in [-0.2, -0.15) is 0 Å². The lowest BCUT2D eigenvalue weighted by molar-refractivity contribution is -0.141. The van der Waals surface area contributed by atoms with Gasteiger partial charge in [0, 0.05) is 13.1 Å². The van der Waals surface area contributed by atoms with Crippen molar-refractivity contribution in [3.63, 3.8) is 0 Å². The Bertz CT molecular complexity index is 309. The van der Waals surface area contributed by atoms with E-state index >= 15 is 0 Å². The predicted octanol–water partition coefficient (Wildman–Crippen LogP) is 1.93. The number of carboxylic acid groups (broad SMARTS) is 1. The number of aliphatic carboxylic acids is 1. The smallest absolute Gasteiger partial charge is 0.326 e. The third-order valence-corrected chi connectivity index (χ3v) is 3.76. The predicted molar refractivity (Wildman–Crippen MR) is 69.4 cm³/mol. The average molecular weight is 256 g/mol. The molecule has 3 atom stereocenters. The number of amides is 2. The minimum Gasteiger partial charge on any atom is -0.480 e. The van der Waals surface area contributed by atoms with Crippen molar-refractivity contribution in [3.8, 4) is 0 Å². The highest BCUT2D eigenvalue weighted by molar-refractivity contribution is 5.82. The van der Waals surface area contributed by atoms with Gasteiger partial charge in [-0.15, -0.1) is 0 Å². The van der Waals surface area contributed by atoms with Crippen molar-refractivity contribution >= 4 is 12.0 Å². The van der Waals surface area contributed by atoms with Crippen LogP contribution >= 0.6 is 0 Å². The Morgan fingerprint density at radius 3 is 2.17 bits per heavy atom. The molecule has 18 heavy (non-hydrogen) atoms. The largest absolute Gasteiger partial charge is 0.480 e. The molecule has 5 heteroatoms. The second-order valence-electron chi connectivity index (χ2n) is 5.69. The topological polar surface area (TPSA) is 69.6 Å². The van der Waals surface area contributed by atoms with E-state index in [0.717, 1.165) is 12.8 Å². The highest BCUT2D eigenvalue weighted by Crippen LogP contribution is 2.28. The first-order valence-corrected chi connectivity index (χ1v) is 6.57. The van der Waals surface area contributed by atoms with Crippen LogP contribution in [0.25, 0.3) is 0 Å². The highest BCUT2D eigenvalue weighted by atomic mass is 16.4. The van der Waals surface area contributed by atoms with Crippen molar-refractivity contribution in [2.75, 3.05) is 7.05 Å². The van der Waals surface area contributed by atoms with Gasteiger partial charge in [-0.05, 0) is 38.0 Å². The molecule has 2 N–H and O–H groups in total. The Morgan fingerprint density at radius 1 is 1.22 bits per heavy atom. The number of carboxylic acids is 1. The number of hydrogen-bond acceptors (Lipinski definition) is 2. The van der Waals surface area contributed by atoms with Crippen LogP contribution in [0, 0.1) is 11.8 Å². The monoisotopic (exact) mass is 256 g/mol. The fourth-order valence-electron chi connectivity index (χ4n) is 2.68. The summed E-state index contributed by atoms with van der Waals surface area (Å²) >= 11 is 0. The number of nitrogens with one attached hydrogen (secondary N) is 1. The zero-order valence-electron chi connectivity index (χ0n) is 11.6. The Kier molecular flexibility index (Phi) is 4.99. The molecular formula is C13H24N2O3. The van der Waals surface area contributed by atoms with Gasteiger partial charge < -0.3 is 15.3 Å². The SMILES string of the molecule is CC1CC(C)CC(NC(=O)N(C)C(C)C(=O)O)C1. The van der Waals surface area contributed by atoms with Crippen LogP contribution in [-0.2, 0) is 4.79 Å². The molecule has 1 aliphatic rings.